The zero-order valence-electron chi connectivity index (χ0n) is 8.45. The molecule has 0 spiro atoms. The van der Waals surface area contributed by atoms with Crippen LogP contribution in [0.3, 0.4) is 0 Å². The molecule has 0 aromatic carbocycles. The molecule has 0 amide bonds. The maximum absolute atomic E-state index is 10.6. The zero-order valence-corrected chi connectivity index (χ0v) is 9.61. The topological polar surface area (TPSA) is 26.3 Å². The summed E-state index contributed by atoms with van der Waals surface area (Å²) < 4.78 is 4.82. The lowest BCUT2D eigenvalue weighted by Gasteiger charge is -1.98. The second kappa shape index (κ2) is 7.80. The van der Waals surface area contributed by atoms with Gasteiger partial charge in [-0.05, 0) is 12.8 Å². The molecule has 0 saturated heterocycles. The van der Waals surface area contributed by atoms with Gasteiger partial charge in [-0.1, -0.05) is 25.7 Å². The molecule has 0 aliphatic heterocycles. The van der Waals surface area contributed by atoms with Crippen molar-refractivity contribution in [3.05, 3.63) is 24.4 Å². The number of ether oxygens (including phenoxy) is 1. The van der Waals surface area contributed by atoms with Gasteiger partial charge in [0.05, 0.1) is 15.4 Å². The van der Waals surface area contributed by atoms with Crippen molar-refractivity contribution < 1.29 is 9.53 Å². The normalized spacial score (nSPS) is 10.7. The molecule has 0 unspecified atom stereocenters. The maximum Gasteiger partial charge on any atom is 0.330 e. The van der Waals surface area contributed by atoms with Crippen LogP contribution < -0.4 is 0 Å². The van der Waals surface area contributed by atoms with E-state index in [1.54, 1.807) is 0 Å². The van der Waals surface area contributed by atoms with Crippen LogP contribution in [0.4, 0.5) is 0 Å². The van der Waals surface area contributed by atoms with Crippen LogP contribution in [0.2, 0.25) is 13.1 Å². The lowest BCUT2D eigenvalue weighted by Crippen LogP contribution is -2.01. The summed E-state index contributed by atoms with van der Waals surface area (Å²) >= 11 is 0. The number of carbonyl (C=O) groups is 1. The van der Waals surface area contributed by atoms with E-state index in [1.165, 1.54) is 6.08 Å². The average molecular weight is 198 g/mol. The van der Waals surface area contributed by atoms with E-state index in [0.29, 0.717) is 6.61 Å². The van der Waals surface area contributed by atoms with Crippen molar-refractivity contribution in [1.29, 1.82) is 0 Å². The quantitative estimate of drug-likeness (QED) is 0.283. The van der Waals surface area contributed by atoms with Gasteiger partial charge in [0.15, 0.2) is 0 Å². The number of allylic oxidation sites excluding steroid dienone is 1. The van der Waals surface area contributed by atoms with Gasteiger partial charge in [-0.25, -0.2) is 4.79 Å². The smallest absolute Gasteiger partial charge is 0.330 e. The van der Waals surface area contributed by atoms with E-state index in [4.69, 9.17) is 4.74 Å². The van der Waals surface area contributed by atoms with Gasteiger partial charge in [0, 0.05) is 6.08 Å². The van der Waals surface area contributed by atoms with Gasteiger partial charge in [0.25, 0.3) is 0 Å². The summed E-state index contributed by atoms with van der Waals surface area (Å²) in [5.41, 5.74) is 2.29. The van der Waals surface area contributed by atoms with Gasteiger partial charge in [0.1, 0.15) is 0 Å². The summed E-state index contributed by atoms with van der Waals surface area (Å²) in [6, 6.07) is 0. The molecule has 0 radical (unpaired) electrons. The minimum atomic E-state index is -0.552. The monoisotopic (exact) mass is 198 g/mol. The first-order chi connectivity index (χ1) is 6.16. The van der Waals surface area contributed by atoms with Crippen molar-refractivity contribution in [2.75, 3.05) is 6.61 Å². The molecule has 0 atom stereocenters. The van der Waals surface area contributed by atoms with Gasteiger partial charge in [0.2, 0.25) is 0 Å². The molecule has 0 aromatic rings. The second-order valence-corrected chi connectivity index (χ2v) is 6.06. The first-order valence-electron chi connectivity index (χ1n) is 4.62. The van der Waals surface area contributed by atoms with Gasteiger partial charge in [-0.3, -0.25) is 0 Å². The molecular formula is C10H18O2Si. The zero-order chi connectivity index (χ0) is 10.1. The van der Waals surface area contributed by atoms with Crippen molar-refractivity contribution in [2.24, 2.45) is 0 Å². The first kappa shape index (κ1) is 12.2. The van der Waals surface area contributed by atoms with Gasteiger partial charge in [-0.2, -0.15) is 0 Å². The Kier molecular flexibility index (Phi) is 7.30. The number of esters is 1. The van der Waals surface area contributed by atoms with Gasteiger partial charge >= 0.3 is 5.97 Å². The molecule has 2 nitrogen and oxygen atoms in total. The van der Waals surface area contributed by atoms with E-state index in [2.05, 4.69) is 31.4 Å². The maximum atomic E-state index is 10.6. The highest BCUT2D eigenvalue weighted by Gasteiger charge is 1.93. The predicted molar refractivity (Wildman–Crippen MR) is 58.4 cm³/mol. The molecule has 0 aliphatic rings. The molecule has 0 heterocycles. The first-order valence-corrected chi connectivity index (χ1v) is 7.60. The summed E-state index contributed by atoms with van der Waals surface area (Å²) in [4.78, 5) is 10.6. The Hall–Kier alpha value is -0.833. The Morgan fingerprint density at radius 1 is 1.54 bits per heavy atom. The minimum absolute atomic E-state index is 0.331. The summed E-state index contributed by atoms with van der Waals surface area (Å²) in [5, 5.41) is 0. The van der Waals surface area contributed by atoms with Crippen LogP contribution in [-0.4, -0.2) is 21.4 Å². The van der Waals surface area contributed by atoms with Gasteiger partial charge in [-0.15, -0.1) is 5.70 Å². The summed E-state index contributed by atoms with van der Waals surface area (Å²) in [5.74, 6) is -0.331. The number of carbonyl (C=O) groups excluding carboxylic acids is 1. The van der Waals surface area contributed by atoms with E-state index < -0.39 is 8.80 Å². The lowest BCUT2D eigenvalue weighted by atomic mass is 10.3. The molecule has 0 bridgehead atoms. The predicted octanol–water partition coefficient (Wildman–Crippen LogP) is 2.08. The second-order valence-electron chi connectivity index (χ2n) is 3.19. The molecule has 0 rings (SSSR count). The number of hydrogen-bond acceptors (Lipinski definition) is 2. The fourth-order valence-corrected chi connectivity index (χ4v) is 1.54. The van der Waals surface area contributed by atoms with Crippen LogP contribution >= 0.6 is 0 Å². The third-order valence-electron chi connectivity index (χ3n) is 1.45. The molecule has 3 heteroatoms. The Balaban J connectivity index is 3.26. The van der Waals surface area contributed by atoms with Crippen molar-refractivity contribution in [1.82, 2.24) is 0 Å². The fraction of sp³-hybridized carbons (Fsp3) is 0.500. The van der Waals surface area contributed by atoms with Crippen molar-refractivity contribution in [3.63, 3.8) is 0 Å². The largest absolute Gasteiger partial charge is 0.463 e. The van der Waals surface area contributed by atoms with Crippen LogP contribution in [-0.2, 0) is 9.53 Å². The molecular weight excluding hydrogens is 180 g/mol. The molecule has 13 heavy (non-hydrogen) atoms. The highest BCUT2D eigenvalue weighted by Crippen LogP contribution is 1.94. The van der Waals surface area contributed by atoms with E-state index in [0.717, 1.165) is 12.8 Å². The third-order valence-corrected chi connectivity index (χ3v) is 2.49. The van der Waals surface area contributed by atoms with Gasteiger partial charge < -0.3 is 4.74 Å². The van der Waals surface area contributed by atoms with E-state index in [1.807, 2.05) is 0 Å². The Morgan fingerprint density at radius 3 is 2.77 bits per heavy atom. The van der Waals surface area contributed by atoms with Crippen LogP contribution in [0.25, 0.3) is 0 Å². The standard InChI is InChI=1S/C10H18O2Si/c1-4-10(11)12-8-6-5-7-9-13(2)3/h4,7,9,13H,1,5-6,8H2,2-3H3. The number of unbranched alkanes of at least 4 members (excludes halogenated alkanes) is 1. The summed E-state index contributed by atoms with van der Waals surface area (Å²) in [7, 11) is -0.552. The van der Waals surface area contributed by atoms with Crippen molar-refractivity contribution >= 4 is 14.8 Å². The van der Waals surface area contributed by atoms with Crippen LogP contribution in [0.5, 0.6) is 0 Å². The Labute approximate surface area is 81.9 Å². The van der Waals surface area contributed by atoms with Crippen LogP contribution in [0.15, 0.2) is 24.4 Å². The fourth-order valence-electron chi connectivity index (χ4n) is 0.801. The Morgan fingerprint density at radius 2 is 2.23 bits per heavy atom. The van der Waals surface area contributed by atoms with E-state index in [9.17, 15) is 4.79 Å². The minimum Gasteiger partial charge on any atom is -0.463 e. The van der Waals surface area contributed by atoms with E-state index in [-0.39, 0.29) is 5.97 Å². The molecule has 0 saturated carbocycles. The van der Waals surface area contributed by atoms with Crippen LogP contribution in [0.1, 0.15) is 12.8 Å². The van der Waals surface area contributed by atoms with Crippen molar-refractivity contribution in [3.8, 4) is 0 Å². The van der Waals surface area contributed by atoms with E-state index >= 15 is 0 Å². The molecule has 74 valence electrons. The van der Waals surface area contributed by atoms with Crippen LogP contribution in [0, 0.1) is 0 Å². The highest BCUT2D eigenvalue weighted by atomic mass is 28.3. The third kappa shape index (κ3) is 9.08. The average Bonchev–Trinajstić information content (AvgIpc) is 2.10. The Bertz CT molecular complexity index is 185. The molecule has 0 aromatic heterocycles. The summed E-state index contributed by atoms with van der Waals surface area (Å²) in [6.45, 7) is 8.35. The SMILES string of the molecule is C=CC(=O)OCCCC=C[SiH](C)C. The molecule has 0 N–H and O–H groups in total. The summed E-state index contributed by atoms with van der Waals surface area (Å²) in [6.07, 6.45) is 5.27. The number of rotatable bonds is 6. The molecule has 0 fully saturated rings. The highest BCUT2D eigenvalue weighted by molar-refractivity contribution is 6.61. The molecule has 0 aliphatic carbocycles. The lowest BCUT2D eigenvalue weighted by molar-refractivity contribution is -0.137. The van der Waals surface area contributed by atoms with Crippen molar-refractivity contribution in [2.45, 2.75) is 25.9 Å². The number of hydrogen-bond donors (Lipinski definition) is 0.